The van der Waals surface area contributed by atoms with Crippen molar-refractivity contribution in [2.45, 2.75) is 71.4 Å². The number of rotatable bonds is 0. The molecule has 0 aromatic carbocycles. The molecule has 0 unspecified atom stereocenters. The molecule has 2 rings (SSSR count). The van der Waals surface area contributed by atoms with Gasteiger partial charge < -0.3 is 5.32 Å². The maximum Gasteiger partial charge on any atom is 0.0189 e. The van der Waals surface area contributed by atoms with Crippen molar-refractivity contribution >= 4 is 0 Å². The molecule has 0 bridgehead atoms. The second kappa shape index (κ2) is 3.23. The average molecular weight is 195 g/mol. The third-order valence-electron chi connectivity index (χ3n) is 4.69. The van der Waals surface area contributed by atoms with Gasteiger partial charge in [-0.1, -0.05) is 20.3 Å². The molecule has 1 aliphatic carbocycles. The van der Waals surface area contributed by atoms with E-state index in [1.54, 1.807) is 0 Å². The highest BCUT2D eigenvalue weighted by atomic mass is 15.0. The molecule has 1 saturated carbocycles. The minimum atomic E-state index is 0.430. The summed E-state index contributed by atoms with van der Waals surface area (Å²) in [5.74, 6) is 0.889. The van der Waals surface area contributed by atoms with Crippen LogP contribution in [-0.2, 0) is 0 Å². The van der Waals surface area contributed by atoms with Crippen LogP contribution in [0.3, 0.4) is 0 Å². The van der Waals surface area contributed by atoms with Gasteiger partial charge in [-0.05, 0) is 50.9 Å². The van der Waals surface area contributed by atoms with Gasteiger partial charge in [0.25, 0.3) is 0 Å². The third kappa shape index (κ3) is 1.60. The fraction of sp³-hybridized carbons (Fsp3) is 1.00. The number of hydrogen-bond donors (Lipinski definition) is 1. The molecular formula is C13H25N. The van der Waals surface area contributed by atoms with E-state index in [9.17, 15) is 0 Å². The Balaban J connectivity index is 2.21. The van der Waals surface area contributed by atoms with Crippen molar-refractivity contribution in [3.63, 3.8) is 0 Å². The molecule has 0 spiro atoms. The minimum absolute atomic E-state index is 0.430. The van der Waals surface area contributed by atoms with Crippen molar-refractivity contribution in [3.8, 4) is 0 Å². The van der Waals surface area contributed by atoms with Crippen LogP contribution < -0.4 is 5.32 Å². The molecule has 1 aliphatic heterocycles. The van der Waals surface area contributed by atoms with Gasteiger partial charge in [-0.15, -0.1) is 0 Å². The summed E-state index contributed by atoms with van der Waals surface area (Å²) >= 11 is 0. The molecule has 2 aliphatic rings. The topological polar surface area (TPSA) is 12.0 Å². The standard InChI is InChI=1S/C13H25N/c1-10-6-7-11-12(2,3)8-5-9-13(11,4)14-10/h10-11,14H,5-9H2,1-4H3/t10-,11+,13+/m1/s1. The van der Waals surface area contributed by atoms with Crippen LogP contribution in [0.2, 0.25) is 0 Å². The third-order valence-corrected chi connectivity index (χ3v) is 4.69. The van der Waals surface area contributed by atoms with Crippen molar-refractivity contribution in [2.75, 3.05) is 0 Å². The van der Waals surface area contributed by atoms with Crippen molar-refractivity contribution in [1.29, 1.82) is 0 Å². The van der Waals surface area contributed by atoms with Crippen LogP contribution in [0.1, 0.15) is 59.8 Å². The first-order valence-corrected chi connectivity index (χ1v) is 6.22. The van der Waals surface area contributed by atoms with E-state index < -0.39 is 0 Å². The monoisotopic (exact) mass is 195 g/mol. The van der Waals surface area contributed by atoms with E-state index in [0.29, 0.717) is 11.0 Å². The summed E-state index contributed by atoms with van der Waals surface area (Å²) in [6, 6.07) is 0.727. The van der Waals surface area contributed by atoms with Gasteiger partial charge in [0.15, 0.2) is 0 Å². The fourth-order valence-corrected chi connectivity index (χ4v) is 4.06. The lowest BCUT2D eigenvalue weighted by molar-refractivity contribution is -0.00219. The van der Waals surface area contributed by atoms with E-state index in [-0.39, 0.29) is 0 Å². The summed E-state index contributed by atoms with van der Waals surface area (Å²) in [6.45, 7) is 9.72. The van der Waals surface area contributed by atoms with E-state index in [0.717, 1.165) is 12.0 Å². The van der Waals surface area contributed by atoms with Gasteiger partial charge in [-0.3, -0.25) is 0 Å². The normalized spacial score (nSPS) is 47.1. The van der Waals surface area contributed by atoms with Crippen LogP contribution in [0.4, 0.5) is 0 Å². The zero-order chi connectivity index (χ0) is 10.4. The molecule has 1 saturated heterocycles. The van der Waals surface area contributed by atoms with Crippen LogP contribution in [-0.4, -0.2) is 11.6 Å². The predicted molar refractivity (Wildman–Crippen MR) is 61.4 cm³/mol. The molecule has 0 aromatic rings. The molecule has 1 heteroatoms. The Bertz CT molecular complexity index is 221. The second-order valence-corrected chi connectivity index (χ2v) is 6.43. The van der Waals surface area contributed by atoms with Gasteiger partial charge in [-0.2, -0.15) is 0 Å². The van der Waals surface area contributed by atoms with Crippen LogP contribution in [0, 0.1) is 11.3 Å². The number of nitrogens with one attached hydrogen (secondary N) is 1. The zero-order valence-corrected chi connectivity index (χ0v) is 10.2. The summed E-state index contributed by atoms with van der Waals surface area (Å²) in [5.41, 5.74) is 0.986. The summed E-state index contributed by atoms with van der Waals surface area (Å²) in [7, 11) is 0. The molecule has 0 amide bonds. The van der Waals surface area contributed by atoms with Crippen LogP contribution in [0.15, 0.2) is 0 Å². The Hall–Kier alpha value is -0.0400. The summed E-state index contributed by atoms with van der Waals surface area (Å²) in [5, 5.41) is 3.85. The first-order valence-electron chi connectivity index (χ1n) is 6.22. The quantitative estimate of drug-likeness (QED) is 0.625. The average Bonchev–Trinajstić information content (AvgIpc) is 2.00. The van der Waals surface area contributed by atoms with E-state index in [4.69, 9.17) is 0 Å². The van der Waals surface area contributed by atoms with E-state index in [2.05, 4.69) is 33.0 Å². The van der Waals surface area contributed by atoms with Crippen LogP contribution >= 0.6 is 0 Å². The van der Waals surface area contributed by atoms with E-state index in [1.165, 1.54) is 32.1 Å². The molecule has 0 radical (unpaired) electrons. The van der Waals surface area contributed by atoms with Crippen LogP contribution in [0.5, 0.6) is 0 Å². The highest BCUT2D eigenvalue weighted by Crippen LogP contribution is 2.50. The molecule has 2 fully saturated rings. The zero-order valence-electron chi connectivity index (χ0n) is 10.2. The smallest absolute Gasteiger partial charge is 0.0189 e. The fourth-order valence-electron chi connectivity index (χ4n) is 4.06. The largest absolute Gasteiger partial charge is 0.309 e. The summed E-state index contributed by atoms with van der Waals surface area (Å²) in [6.07, 6.45) is 7.00. The van der Waals surface area contributed by atoms with E-state index in [1.807, 2.05) is 0 Å². The Labute approximate surface area is 88.7 Å². The lowest BCUT2D eigenvalue weighted by Gasteiger charge is -2.55. The van der Waals surface area contributed by atoms with Crippen molar-refractivity contribution < 1.29 is 0 Å². The maximum atomic E-state index is 3.85. The van der Waals surface area contributed by atoms with Gasteiger partial charge >= 0.3 is 0 Å². The molecular weight excluding hydrogens is 170 g/mol. The SMILES string of the molecule is C[C@@H]1CC[C@H]2C(C)(C)CCC[C@]2(C)N1. The molecule has 1 nitrogen and oxygen atoms in total. The number of fused-ring (bicyclic) bond motifs is 1. The van der Waals surface area contributed by atoms with Gasteiger partial charge in [0.05, 0.1) is 0 Å². The number of piperidine rings is 1. The highest BCUT2D eigenvalue weighted by Gasteiger charge is 2.48. The van der Waals surface area contributed by atoms with Gasteiger partial charge in [0.1, 0.15) is 0 Å². The van der Waals surface area contributed by atoms with E-state index >= 15 is 0 Å². The second-order valence-electron chi connectivity index (χ2n) is 6.43. The van der Waals surface area contributed by atoms with Gasteiger partial charge in [-0.25, -0.2) is 0 Å². The molecule has 14 heavy (non-hydrogen) atoms. The summed E-state index contributed by atoms with van der Waals surface area (Å²) < 4.78 is 0. The van der Waals surface area contributed by atoms with Gasteiger partial charge in [0.2, 0.25) is 0 Å². The molecule has 3 atom stereocenters. The maximum absolute atomic E-state index is 3.85. The molecule has 82 valence electrons. The molecule has 1 heterocycles. The summed E-state index contributed by atoms with van der Waals surface area (Å²) in [4.78, 5) is 0. The lowest BCUT2D eigenvalue weighted by Crippen LogP contribution is -2.61. The van der Waals surface area contributed by atoms with Crippen molar-refractivity contribution in [2.24, 2.45) is 11.3 Å². The lowest BCUT2D eigenvalue weighted by atomic mass is 9.57. The van der Waals surface area contributed by atoms with Crippen LogP contribution in [0.25, 0.3) is 0 Å². The first kappa shape index (κ1) is 10.5. The molecule has 1 N–H and O–H groups in total. The minimum Gasteiger partial charge on any atom is -0.309 e. The Morgan fingerprint density at radius 1 is 1.07 bits per heavy atom. The Kier molecular flexibility index (Phi) is 2.42. The molecule has 0 aromatic heterocycles. The Morgan fingerprint density at radius 2 is 1.79 bits per heavy atom. The predicted octanol–water partition coefficient (Wildman–Crippen LogP) is 3.34. The van der Waals surface area contributed by atoms with Crippen molar-refractivity contribution in [3.05, 3.63) is 0 Å². The highest BCUT2D eigenvalue weighted by molar-refractivity contribution is 5.04. The Morgan fingerprint density at radius 3 is 2.50 bits per heavy atom. The van der Waals surface area contributed by atoms with Gasteiger partial charge in [0, 0.05) is 11.6 Å². The number of hydrogen-bond acceptors (Lipinski definition) is 1. The van der Waals surface area contributed by atoms with Crippen molar-refractivity contribution in [1.82, 2.24) is 5.32 Å². The first-order chi connectivity index (χ1) is 6.44.